The largest absolute Gasteiger partial charge is 0.364 e. The van der Waals surface area contributed by atoms with Gasteiger partial charge in [-0.15, -0.1) is 4.91 Å². The van der Waals surface area contributed by atoms with Crippen molar-refractivity contribution in [3.05, 3.63) is 4.91 Å². The van der Waals surface area contributed by atoms with Crippen molar-refractivity contribution in [3.8, 4) is 0 Å². The lowest BCUT2D eigenvalue weighted by atomic mass is 10.7. The summed E-state index contributed by atoms with van der Waals surface area (Å²) in [6.07, 6.45) is 0. The molecule has 9 heavy (non-hydrogen) atoms. The van der Waals surface area contributed by atoms with E-state index in [1.165, 1.54) is 0 Å². The standard InChI is InChI=1S/C4H9N3OS/c1-3-7(6-8)4(9)5-2/h3H2,1-2H3,(H,5,9). The quantitative estimate of drug-likeness (QED) is 0.351. The summed E-state index contributed by atoms with van der Waals surface area (Å²) in [5.74, 6) is 0. The van der Waals surface area contributed by atoms with Gasteiger partial charge >= 0.3 is 0 Å². The highest BCUT2D eigenvalue weighted by Gasteiger charge is 2.02. The molecule has 0 amide bonds. The predicted molar refractivity (Wildman–Crippen MR) is 39.8 cm³/mol. The van der Waals surface area contributed by atoms with Crippen molar-refractivity contribution >= 4 is 17.3 Å². The maximum Gasteiger partial charge on any atom is 0.191 e. The van der Waals surface area contributed by atoms with Gasteiger partial charge in [0.05, 0.1) is 5.29 Å². The lowest BCUT2D eigenvalue weighted by Gasteiger charge is -2.11. The van der Waals surface area contributed by atoms with Crippen molar-refractivity contribution in [2.45, 2.75) is 6.92 Å². The van der Waals surface area contributed by atoms with Crippen LogP contribution in [0.3, 0.4) is 0 Å². The molecule has 0 aromatic carbocycles. The number of nitrogens with zero attached hydrogens (tertiary/aromatic N) is 2. The molecule has 5 heteroatoms. The first-order valence-electron chi connectivity index (χ1n) is 2.58. The van der Waals surface area contributed by atoms with Crippen LogP contribution in [0.1, 0.15) is 6.92 Å². The molecule has 0 aliphatic heterocycles. The number of rotatable bonds is 2. The summed E-state index contributed by atoms with van der Waals surface area (Å²) in [5, 5.41) is 6.80. The third-order valence-corrected chi connectivity index (χ3v) is 1.26. The highest BCUT2D eigenvalue weighted by Crippen LogP contribution is 1.87. The highest BCUT2D eigenvalue weighted by molar-refractivity contribution is 7.80. The molecule has 0 fully saturated rings. The second-order valence-corrected chi connectivity index (χ2v) is 1.74. The van der Waals surface area contributed by atoms with Crippen LogP contribution in [0.2, 0.25) is 0 Å². The Balaban J connectivity index is 3.78. The van der Waals surface area contributed by atoms with Gasteiger partial charge in [-0.05, 0) is 19.1 Å². The molecule has 0 aromatic rings. The Morgan fingerprint density at radius 1 is 1.89 bits per heavy atom. The van der Waals surface area contributed by atoms with E-state index >= 15 is 0 Å². The average molecular weight is 147 g/mol. The summed E-state index contributed by atoms with van der Waals surface area (Å²) in [7, 11) is 1.65. The van der Waals surface area contributed by atoms with Crippen LogP contribution in [0.4, 0.5) is 0 Å². The van der Waals surface area contributed by atoms with E-state index in [9.17, 15) is 4.91 Å². The SMILES string of the molecule is CCN(N=O)C(=S)NC. The first-order chi connectivity index (χ1) is 4.26. The van der Waals surface area contributed by atoms with Crippen LogP contribution in [0.15, 0.2) is 5.29 Å². The van der Waals surface area contributed by atoms with Crippen LogP contribution in [0.5, 0.6) is 0 Å². The predicted octanol–water partition coefficient (Wildman–Crippen LogP) is 0.494. The third kappa shape index (κ3) is 2.36. The van der Waals surface area contributed by atoms with Gasteiger partial charge in [0.25, 0.3) is 0 Å². The first-order valence-corrected chi connectivity index (χ1v) is 2.99. The molecule has 52 valence electrons. The smallest absolute Gasteiger partial charge is 0.191 e. The summed E-state index contributed by atoms with van der Waals surface area (Å²) in [5.41, 5.74) is 0. The van der Waals surface area contributed by atoms with E-state index in [4.69, 9.17) is 12.2 Å². The summed E-state index contributed by atoms with van der Waals surface area (Å²) >= 11 is 4.70. The van der Waals surface area contributed by atoms with Crippen molar-refractivity contribution in [2.75, 3.05) is 13.6 Å². The summed E-state index contributed by atoms with van der Waals surface area (Å²) in [4.78, 5) is 9.88. The van der Waals surface area contributed by atoms with Gasteiger partial charge in [0, 0.05) is 13.6 Å². The topological polar surface area (TPSA) is 44.7 Å². The fraction of sp³-hybridized carbons (Fsp3) is 0.750. The minimum Gasteiger partial charge on any atom is -0.364 e. The van der Waals surface area contributed by atoms with E-state index < -0.39 is 0 Å². The van der Waals surface area contributed by atoms with Crippen LogP contribution in [-0.4, -0.2) is 23.7 Å². The van der Waals surface area contributed by atoms with E-state index in [0.29, 0.717) is 11.7 Å². The van der Waals surface area contributed by atoms with Gasteiger partial charge in [0.2, 0.25) is 0 Å². The molecule has 0 aliphatic rings. The molecular formula is C4H9N3OS. The number of thiocarbonyl (C=S) groups is 1. The minimum atomic E-state index is 0.354. The number of nitrogens with one attached hydrogen (secondary N) is 1. The Morgan fingerprint density at radius 3 is 2.56 bits per heavy atom. The van der Waals surface area contributed by atoms with Crippen LogP contribution < -0.4 is 5.32 Å². The van der Waals surface area contributed by atoms with Gasteiger partial charge < -0.3 is 5.32 Å². The van der Waals surface area contributed by atoms with Crippen LogP contribution in [0.25, 0.3) is 0 Å². The van der Waals surface area contributed by atoms with Crippen molar-refractivity contribution in [3.63, 3.8) is 0 Å². The monoisotopic (exact) mass is 147 g/mol. The molecule has 0 aromatic heterocycles. The molecule has 0 saturated heterocycles. The Kier molecular flexibility index (Phi) is 3.87. The molecule has 4 nitrogen and oxygen atoms in total. The maximum absolute atomic E-state index is 9.88. The average Bonchev–Trinajstić information content (AvgIpc) is 1.90. The molecule has 0 radical (unpaired) electrons. The fourth-order valence-corrected chi connectivity index (χ4v) is 0.530. The Bertz CT molecular complexity index is 116. The lowest BCUT2D eigenvalue weighted by Crippen LogP contribution is -2.33. The van der Waals surface area contributed by atoms with Crippen molar-refractivity contribution in [1.82, 2.24) is 10.3 Å². The summed E-state index contributed by atoms with van der Waals surface area (Å²) in [6.45, 7) is 2.30. The van der Waals surface area contributed by atoms with E-state index in [2.05, 4.69) is 10.6 Å². The van der Waals surface area contributed by atoms with Crippen molar-refractivity contribution < 1.29 is 0 Å². The molecule has 0 unspecified atom stereocenters. The first kappa shape index (κ1) is 8.29. The van der Waals surface area contributed by atoms with Gasteiger partial charge in [0.1, 0.15) is 0 Å². The summed E-state index contributed by atoms with van der Waals surface area (Å²) < 4.78 is 0. The number of hydrogen-bond acceptors (Lipinski definition) is 3. The number of hydrogen-bond donors (Lipinski definition) is 1. The molecule has 0 atom stereocenters. The molecule has 0 spiro atoms. The Labute approximate surface area is 59.2 Å². The maximum atomic E-state index is 9.88. The van der Waals surface area contributed by atoms with Gasteiger partial charge in [-0.25, -0.2) is 5.01 Å². The molecule has 0 saturated carbocycles. The Hall–Kier alpha value is -0.710. The molecule has 0 aliphatic carbocycles. The van der Waals surface area contributed by atoms with Crippen LogP contribution in [0, 0.1) is 4.91 Å². The van der Waals surface area contributed by atoms with E-state index in [1.54, 1.807) is 14.0 Å². The second-order valence-electron chi connectivity index (χ2n) is 1.35. The van der Waals surface area contributed by atoms with Crippen molar-refractivity contribution in [2.24, 2.45) is 5.29 Å². The number of nitroso groups, excluding NO2 is 1. The third-order valence-electron chi connectivity index (χ3n) is 0.846. The zero-order valence-electron chi connectivity index (χ0n) is 5.42. The fourth-order valence-electron chi connectivity index (χ4n) is 0.367. The van der Waals surface area contributed by atoms with Gasteiger partial charge in [0.15, 0.2) is 5.11 Å². The molecule has 0 heterocycles. The van der Waals surface area contributed by atoms with Crippen LogP contribution in [-0.2, 0) is 0 Å². The van der Waals surface area contributed by atoms with E-state index in [1.807, 2.05) is 0 Å². The second kappa shape index (κ2) is 4.20. The van der Waals surface area contributed by atoms with Crippen molar-refractivity contribution in [1.29, 1.82) is 0 Å². The minimum absolute atomic E-state index is 0.354. The Morgan fingerprint density at radius 2 is 2.44 bits per heavy atom. The lowest BCUT2D eigenvalue weighted by molar-refractivity contribution is 0.459. The highest BCUT2D eigenvalue weighted by atomic mass is 32.1. The van der Waals surface area contributed by atoms with Gasteiger partial charge in [-0.3, -0.25) is 0 Å². The molecule has 1 N–H and O–H groups in total. The molecular weight excluding hydrogens is 138 g/mol. The summed E-state index contributed by atoms with van der Waals surface area (Å²) in [6, 6.07) is 0. The van der Waals surface area contributed by atoms with Gasteiger partial charge in [-0.2, -0.15) is 0 Å². The normalized spacial score (nSPS) is 8.22. The molecule has 0 bridgehead atoms. The van der Waals surface area contributed by atoms with E-state index in [-0.39, 0.29) is 0 Å². The van der Waals surface area contributed by atoms with Gasteiger partial charge in [-0.1, -0.05) is 0 Å². The van der Waals surface area contributed by atoms with E-state index in [0.717, 1.165) is 5.01 Å². The van der Waals surface area contributed by atoms with Crippen LogP contribution >= 0.6 is 12.2 Å². The zero-order valence-corrected chi connectivity index (χ0v) is 6.23. The molecule has 0 rings (SSSR count). The zero-order chi connectivity index (χ0) is 7.28.